The third-order valence-electron chi connectivity index (χ3n) is 9.23. The Morgan fingerprint density at radius 2 is 1.49 bits per heavy atom. The largest absolute Gasteiger partial charge is 0.444 e. The number of carbonyl (C=O) groups excluding carboxylic acids is 3. The molecule has 5 rings (SSSR count). The zero-order valence-electron chi connectivity index (χ0n) is 32.8. The lowest BCUT2D eigenvalue weighted by atomic mass is 9.95. The third-order valence-corrected chi connectivity index (χ3v) is 11.2. The Labute approximate surface area is 333 Å². The van der Waals surface area contributed by atoms with Crippen molar-refractivity contribution < 1.29 is 23.9 Å². The van der Waals surface area contributed by atoms with Gasteiger partial charge in [0.2, 0.25) is 5.91 Å². The number of thiazole rings is 2. The quantitative estimate of drug-likeness (QED) is 0.0877. The molecule has 4 aromatic rings. The van der Waals surface area contributed by atoms with Gasteiger partial charge in [0.15, 0.2) is 0 Å². The van der Waals surface area contributed by atoms with Crippen LogP contribution in [-0.2, 0) is 40.3 Å². The molecule has 4 amide bonds. The van der Waals surface area contributed by atoms with Crippen molar-refractivity contribution in [2.75, 3.05) is 0 Å². The third kappa shape index (κ3) is 14.0. The number of nitrogens with one attached hydrogen (secondary N) is 3. The summed E-state index contributed by atoms with van der Waals surface area (Å²) in [6.07, 6.45) is 4.64. The number of urea groups is 1. The molecule has 0 aliphatic heterocycles. The maximum absolute atomic E-state index is 14.4. The molecule has 0 radical (unpaired) electrons. The van der Waals surface area contributed by atoms with Crippen LogP contribution < -0.4 is 16.0 Å². The van der Waals surface area contributed by atoms with Crippen molar-refractivity contribution in [3.05, 3.63) is 104 Å². The number of alkyl carbamates (subject to hydrolysis) is 1. The van der Waals surface area contributed by atoms with Crippen LogP contribution in [0.25, 0.3) is 0 Å². The van der Waals surface area contributed by atoms with Crippen LogP contribution in [0, 0.1) is 0 Å². The van der Waals surface area contributed by atoms with Crippen molar-refractivity contribution in [1.82, 2.24) is 30.8 Å². The molecule has 1 fully saturated rings. The van der Waals surface area contributed by atoms with Crippen molar-refractivity contribution >= 4 is 40.7 Å². The summed E-state index contributed by atoms with van der Waals surface area (Å²) in [5.74, 6) is -0.0179. The van der Waals surface area contributed by atoms with E-state index in [0.29, 0.717) is 38.1 Å². The van der Waals surface area contributed by atoms with E-state index >= 15 is 0 Å². The van der Waals surface area contributed by atoms with Crippen LogP contribution in [0.3, 0.4) is 0 Å². The first-order valence-electron chi connectivity index (χ1n) is 19.2. The van der Waals surface area contributed by atoms with E-state index in [4.69, 9.17) is 14.5 Å². The highest BCUT2D eigenvalue weighted by atomic mass is 32.1. The Bertz CT molecular complexity index is 1780. The van der Waals surface area contributed by atoms with Gasteiger partial charge in [0.05, 0.1) is 39.3 Å². The fourth-order valence-electron chi connectivity index (χ4n) is 6.43. The first-order chi connectivity index (χ1) is 26.3. The number of hydrogen-bond acceptors (Lipinski definition) is 9. The Morgan fingerprint density at radius 1 is 0.873 bits per heavy atom. The predicted molar refractivity (Wildman–Crippen MR) is 218 cm³/mol. The molecule has 1 aliphatic carbocycles. The van der Waals surface area contributed by atoms with Gasteiger partial charge in [-0.15, -0.1) is 22.7 Å². The summed E-state index contributed by atoms with van der Waals surface area (Å²) in [4.78, 5) is 53.0. The first kappa shape index (κ1) is 41.8. The molecule has 1 unspecified atom stereocenters. The molecule has 55 heavy (non-hydrogen) atoms. The average Bonchev–Trinajstić information content (AvgIpc) is 3.62. The summed E-state index contributed by atoms with van der Waals surface area (Å²) in [7, 11) is 0. The maximum Gasteiger partial charge on any atom is 0.407 e. The molecule has 2 heterocycles. The Balaban J connectivity index is 1.32. The molecular formula is C42H56N6O5S2. The summed E-state index contributed by atoms with van der Waals surface area (Å²) in [5, 5.41) is 12.5. The molecule has 2 aromatic carbocycles. The molecule has 0 bridgehead atoms. The van der Waals surface area contributed by atoms with E-state index in [2.05, 4.69) is 34.8 Å². The van der Waals surface area contributed by atoms with Gasteiger partial charge in [0, 0.05) is 35.6 Å². The molecule has 2 aromatic heterocycles. The van der Waals surface area contributed by atoms with Crippen LogP contribution in [0.5, 0.6) is 0 Å². The number of hydrogen-bond donors (Lipinski definition) is 3. The Hall–Kier alpha value is -4.33. The number of carbonyl (C=O) groups is 3. The highest BCUT2D eigenvalue weighted by molar-refractivity contribution is 7.09. The van der Waals surface area contributed by atoms with Gasteiger partial charge < -0.3 is 30.3 Å². The zero-order valence-corrected chi connectivity index (χ0v) is 34.5. The van der Waals surface area contributed by atoms with E-state index in [-0.39, 0.29) is 36.7 Å². The Morgan fingerprint density at radius 3 is 2.02 bits per heavy atom. The molecule has 11 nitrogen and oxygen atoms in total. The SMILES string of the molecule is CC(C)c1nc(CN(C(=O)N[C@H](C(=O)N[C@H](CC[C@H](Cc2ccccc2)NC(=O)OCc2cncs2)Cc2ccccc2)C(C)OC(C)(C)C)C2CC2)cs1. The molecule has 1 saturated carbocycles. The van der Waals surface area contributed by atoms with Crippen LogP contribution in [-0.4, -0.2) is 68.8 Å². The number of aromatic nitrogens is 2. The second-order valence-electron chi connectivity index (χ2n) is 15.6. The minimum absolute atomic E-state index is 0.0975. The van der Waals surface area contributed by atoms with E-state index < -0.39 is 23.8 Å². The molecular weight excluding hydrogens is 733 g/mol. The van der Waals surface area contributed by atoms with Gasteiger partial charge >= 0.3 is 12.1 Å². The summed E-state index contributed by atoms with van der Waals surface area (Å²) in [5.41, 5.74) is 4.14. The molecule has 0 saturated heterocycles. The van der Waals surface area contributed by atoms with Crippen LogP contribution in [0.2, 0.25) is 0 Å². The number of benzene rings is 2. The van der Waals surface area contributed by atoms with Crippen LogP contribution >= 0.6 is 22.7 Å². The normalized spacial score (nSPS) is 15.1. The highest BCUT2D eigenvalue weighted by Gasteiger charge is 2.38. The minimum Gasteiger partial charge on any atom is -0.444 e. The Kier molecular flexibility index (Phi) is 15.2. The van der Waals surface area contributed by atoms with Gasteiger partial charge in [-0.1, -0.05) is 74.5 Å². The second kappa shape index (κ2) is 20.0. The second-order valence-corrected chi connectivity index (χ2v) is 17.5. The molecule has 13 heteroatoms. The van der Waals surface area contributed by atoms with Gasteiger partial charge in [0.25, 0.3) is 0 Å². The first-order valence-corrected chi connectivity index (χ1v) is 21.0. The zero-order chi connectivity index (χ0) is 39.4. The number of amides is 4. The summed E-state index contributed by atoms with van der Waals surface area (Å²) in [6.45, 7) is 12.4. The van der Waals surface area contributed by atoms with E-state index in [1.807, 2.05) is 93.7 Å². The fourth-order valence-corrected chi connectivity index (χ4v) is 7.76. The van der Waals surface area contributed by atoms with Gasteiger partial charge in [0.1, 0.15) is 12.6 Å². The molecule has 1 aliphatic rings. The topological polar surface area (TPSA) is 135 Å². The molecule has 0 spiro atoms. The molecule has 296 valence electrons. The number of ether oxygens (including phenoxy) is 2. The maximum atomic E-state index is 14.4. The smallest absolute Gasteiger partial charge is 0.407 e. The van der Waals surface area contributed by atoms with Gasteiger partial charge in [-0.2, -0.15) is 0 Å². The fraction of sp³-hybridized carbons (Fsp3) is 0.500. The van der Waals surface area contributed by atoms with Gasteiger partial charge in [-0.05, 0) is 77.3 Å². The standard InChI is InChI=1S/C42H56N6O5S2/c1-28(2)39-45-34(26-54-39)24-48(35-19-20-35)40(50)47-37(29(3)53-42(4,5)6)38(49)44-32(21-30-13-9-7-10-14-30)17-18-33(22-31-15-11-8-12-16-31)46-41(51)52-25-36-23-43-27-55-36/h7-16,23,26-29,32-33,35,37H,17-22,24-25H2,1-6H3,(H,44,49)(H,46,51)(H,47,50)/t29?,32-,33-,37+/m1/s1. The van der Waals surface area contributed by atoms with Crippen LogP contribution in [0.1, 0.15) is 99.8 Å². The number of nitrogens with zero attached hydrogens (tertiary/aromatic N) is 3. The van der Waals surface area contributed by atoms with Crippen LogP contribution in [0.4, 0.5) is 9.59 Å². The highest BCUT2D eigenvalue weighted by Crippen LogP contribution is 2.30. The van der Waals surface area contributed by atoms with Crippen molar-refractivity contribution in [3.63, 3.8) is 0 Å². The van der Waals surface area contributed by atoms with E-state index in [9.17, 15) is 14.4 Å². The average molecular weight is 789 g/mol. The lowest BCUT2D eigenvalue weighted by Gasteiger charge is -2.33. The lowest BCUT2D eigenvalue weighted by Crippen LogP contribution is -2.58. The van der Waals surface area contributed by atoms with E-state index in [0.717, 1.165) is 39.5 Å². The van der Waals surface area contributed by atoms with E-state index in [1.54, 1.807) is 27.9 Å². The molecule has 4 atom stereocenters. The van der Waals surface area contributed by atoms with Crippen molar-refractivity contribution in [2.24, 2.45) is 0 Å². The summed E-state index contributed by atoms with van der Waals surface area (Å²) >= 11 is 3.04. The van der Waals surface area contributed by atoms with E-state index in [1.165, 1.54) is 11.3 Å². The van der Waals surface area contributed by atoms with Crippen molar-refractivity contribution in [2.45, 2.75) is 135 Å². The molecule has 3 N–H and O–H groups in total. The van der Waals surface area contributed by atoms with Crippen molar-refractivity contribution in [3.8, 4) is 0 Å². The van der Waals surface area contributed by atoms with Gasteiger partial charge in [-0.25, -0.2) is 14.6 Å². The predicted octanol–water partition coefficient (Wildman–Crippen LogP) is 8.01. The monoisotopic (exact) mass is 788 g/mol. The van der Waals surface area contributed by atoms with Gasteiger partial charge in [-0.3, -0.25) is 9.78 Å². The number of rotatable bonds is 19. The van der Waals surface area contributed by atoms with Crippen LogP contribution in [0.15, 0.2) is 77.8 Å². The summed E-state index contributed by atoms with van der Waals surface area (Å²) < 4.78 is 11.8. The minimum atomic E-state index is -0.965. The lowest BCUT2D eigenvalue weighted by molar-refractivity contribution is -0.131. The summed E-state index contributed by atoms with van der Waals surface area (Å²) in [6, 6.07) is 18.2. The van der Waals surface area contributed by atoms with Crippen molar-refractivity contribution in [1.29, 1.82) is 0 Å².